The van der Waals surface area contributed by atoms with Gasteiger partial charge in [0.25, 0.3) is 0 Å². The van der Waals surface area contributed by atoms with Gasteiger partial charge >= 0.3 is 5.97 Å². The van der Waals surface area contributed by atoms with Gasteiger partial charge in [0.05, 0.1) is 6.61 Å². The Morgan fingerprint density at radius 2 is 2.35 bits per heavy atom. The van der Waals surface area contributed by atoms with Crippen molar-refractivity contribution in [3.63, 3.8) is 0 Å². The molecule has 2 aromatic rings. The predicted octanol–water partition coefficient (Wildman–Crippen LogP) is 1.44. The van der Waals surface area contributed by atoms with Gasteiger partial charge in [-0.05, 0) is 25.1 Å². The first-order chi connectivity index (χ1) is 8.13. The topological polar surface area (TPSA) is 88.3 Å². The van der Waals surface area contributed by atoms with Crippen LogP contribution < -0.4 is 5.73 Å². The molecule has 0 spiro atoms. The van der Waals surface area contributed by atoms with Crippen molar-refractivity contribution in [1.29, 1.82) is 0 Å². The second-order valence-corrected chi connectivity index (χ2v) is 3.70. The van der Waals surface area contributed by atoms with Gasteiger partial charge in [-0.3, -0.25) is 0 Å². The number of fused-ring (bicyclic) bond motifs is 1. The van der Waals surface area contributed by atoms with Crippen LogP contribution in [0.25, 0.3) is 10.9 Å². The monoisotopic (exact) mass is 234 g/mol. The third-order valence-electron chi connectivity index (χ3n) is 2.57. The Kier molecular flexibility index (Phi) is 3.01. The standard InChI is InChI=1S/C12H14N2O3/c1-2-17-12(16)11(13)9-6-14-10-4-3-7(15)5-8(9)10/h3-6,11,14-15H,2,13H2,1H3. The minimum absolute atomic E-state index is 0.134. The zero-order valence-corrected chi connectivity index (χ0v) is 9.43. The van der Waals surface area contributed by atoms with E-state index in [0.29, 0.717) is 12.2 Å². The van der Waals surface area contributed by atoms with Gasteiger partial charge in [-0.15, -0.1) is 0 Å². The number of aromatic hydroxyl groups is 1. The van der Waals surface area contributed by atoms with Crippen molar-refractivity contribution in [2.75, 3.05) is 6.61 Å². The van der Waals surface area contributed by atoms with Gasteiger partial charge in [0.15, 0.2) is 0 Å². The van der Waals surface area contributed by atoms with Gasteiger partial charge in [0.2, 0.25) is 0 Å². The van der Waals surface area contributed by atoms with Crippen molar-refractivity contribution in [1.82, 2.24) is 4.98 Å². The molecule has 0 aliphatic heterocycles. The highest BCUT2D eigenvalue weighted by Crippen LogP contribution is 2.26. The number of hydrogen-bond acceptors (Lipinski definition) is 4. The molecule has 1 aromatic carbocycles. The van der Waals surface area contributed by atoms with Crippen LogP contribution in [0.1, 0.15) is 18.5 Å². The van der Waals surface area contributed by atoms with Crippen LogP contribution in [0.4, 0.5) is 0 Å². The number of nitrogens with two attached hydrogens (primary N) is 1. The average molecular weight is 234 g/mol. The van der Waals surface area contributed by atoms with E-state index >= 15 is 0 Å². The number of benzene rings is 1. The Labute approximate surface area is 98.2 Å². The second kappa shape index (κ2) is 4.47. The first-order valence-corrected chi connectivity index (χ1v) is 5.35. The third kappa shape index (κ3) is 2.09. The van der Waals surface area contributed by atoms with Crippen molar-refractivity contribution >= 4 is 16.9 Å². The normalized spacial score (nSPS) is 12.6. The van der Waals surface area contributed by atoms with Gasteiger partial charge in [0, 0.05) is 22.7 Å². The van der Waals surface area contributed by atoms with E-state index in [1.54, 1.807) is 31.3 Å². The average Bonchev–Trinajstić information content (AvgIpc) is 2.71. The number of phenolic OH excluding ortho intramolecular Hbond substituents is 1. The maximum atomic E-state index is 11.5. The Morgan fingerprint density at radius 1 is 1.59 bits per heavy atom. The maximum Gasteiger partial charge on any atom is 0.327 e. The molecule has 2 rings (SSSR count). The van der Waals surface area contributed by atoms with E-state index in [1.807, 2.05) is 0 Å². The van der Waals surface area contributed by atoms with E-state index in [1.165, 1.54) is 0 Å². The van der Waals surface area contributed by atoms with E-state index in [4.69, 9.17) is 10.5 Å². The number of phenols is 1. The van der Waals surface area contributed by atoms with Gasteiger partial charge in [-0.25, -0.2) is 4.79 Å². The largest absolute Gasteiger partial charge is 0.508 e. The first kappa shape index (κ1) is 11.5. The molecule has 1 unspecified atom stereocenters. The van der Waals surface area contributed by atoms with Gasteiger partial charge < -0.3 is 20.6 Å². The van der Waals surface area contributed by atoms with E-state index in [-0.39, 0.29) is 5.75 Å². The number of H-pyrrole nitrogens is 1. The summed E-state index contributed by atoms with van der Waals surface area (Å²) in [7, 11) is 0. The summed E-state index contributed by atoms with van der Waals surface area (Å²) < 4.78 is 4.87. The highest BCUT2D eigenvalue weighted by molar-refractivity contribution is 5.90. The van der Waals surface area contributed by atoms with Crippen LogP contribution in [0.3, 0.4) is 0 Å². The van der Waals surface area contributed by atoms with Crippen LogP contribution in [0.15, 0.2) is 24.4 Å². The van der Waals surface area contributed by atoms with Crippen LogP contribution in [-0.4, -0.2) is 22.7 Å². The number of carbonyl (C=O) groups excluding carboxylic acids is 1. The summed E-state index contributed by atoms with van der Waals surface area (Å²) in [6.07, 6.45) is 1.66. The van der Waals surface area contributed by atoms with Crippen LogP contribution in [0, 0.1) is 0 Å². The lowest BCUT2D eigenvalue weighted by atomic mass is 10.1. The van der Waals surface area contributed by atoms with E-state index in [2.05, 4.69) is 4.98 Å². The number of rotatable bonds is 3. The Bertz CT molecular complexity index is 548. The zero-order valence-electron chi connectivity index (χ0n) is 9.43. The third-order valence-corrected chi connectivity index (χ3v) is 2.57. The molecule has 0 aliphatic rings. The first-order valence-electron chi connectivity index (χ1n) is 5.35. The lowest BCUT2D eigenvalue weighted by Crippen LogP contribution is -2.23. The highest BCUT2D eigenvalue weighted by Gasteiger charge is 2.20. The number of hydrogen-bond donors (Lipinski definition) is 3. The van der Waals surface area contributed by atoms with Crippen LogP contribution in [0.2, 0.25) is 0 Å². The van der Waals surface area contributed by atoms with Crippen molar-refractivity contribution in [3.8, 4) is 5.75 Å². The predicted molar refractivity (Wildman–Crippen MR) is 63.5 cm³/mol. The molecule has 5 nitrogen and oxygen atoms in total. The molecule has 90 valence electrons. The Morgan fingerprint density at radius 3 is 3.06 bits per heavy atom. The summed E-state index contributed by atoms with van der Waals surface area (Å²) in [4.78, 5) is 14.5. The lowest BCUT2D eigenvalue weighted by molar-refractivity contribution is -0.144. The van der Waals surface area contributed by atoms with Gasteiger partial charge in [-0.1, -0.05) is 0 Å². The van der Waals surface area contributed by atoms with Crippen LogP contribution in [0.5, 0.6) is 5.75 Å². The number of esters is 1. The molecule has 0 amide bonds. The van der Waals surface area contributed by atoms with Crippen LogP contribution in [-0.2, 0) is 9.53 Å². The molecule has 1 atom stereocenters. The molecule has 17 heavy (non-hydrogen) atoms. The van der Waals surface area contributed by atoms with Gasteiger partial charge in [0.1, 0.15) is 11.8 Å². The lowest BCUT2D eigenvalue weighted by Gasteiger charge is -2.09. The van der Waals surface area contributed by atoms with Crippen molar-refractivity contribution in [2.45, 2.75) is 13.0 Å². The van der Waals surface area contributed by atoms with Crippen molar-refractivity contribution in [3.05, 3.63) is 30.0 Å². The van der Waals surface area contributed by atoms with Gasteiger partial charge in [-0.2, -0.15) is 0 Å². The molecule has 0 saturated carbocycles. The molecule has 0 saturated heterocycles. The summed E-state index contributed by atoms with van der Waals surface area (Å²) >= 11 is 0. The van der Waals surface area contributed by atoms with E-state index in [9.17, 15) is 9.90 Å². The molecule has 0 radical (unpaired) electrons. The molecule has 0 fully saturated rings. The summed E-state index contributed by atoms with van der Waals surface area (Å²) in [6.45, 7) is 2.02. The number of aromatic nitrogens is 1. The minimum atomic E-state index is -0.842. The Hall–Kier alpha value is -2.01. The smallest absolute Gasteiger partial charge is 0.327 e. The fraction of sp³-hybridized carbons (Fsp3) is 0.250. The minimum Gasteiger partial charge on any atom is -0.508 e. The fourth-order valence-electron chi connectivity index (χ4n) is 1.75. The summed E-state index contributed by atoms with van der Waals surface area (Å²) in [5, 5.41) is 10.2. The Balaban J connectivity index is 2.41. The molecule has 0 bridgehead atoms. The molecule has 4 N–H and O–H groups in total. The highest BCUT2D eigenvalue weighted by atomic mass is 16.5. The number of nitrogens with one attached hydrogen (secondary N) is 1. The molecule has 1 aromatic heterocycles. The fourth-order valence-corrected chi connectivity index (χ4v) is 1.75. The molecular weight excluding hydrogens is 220 g/mol. The van der Waals surface area contributed by atoms with E-state index < -0.39 is 12.0 Å². The van der Waals surface area contributed by atoms with Crippen LogP contribution >= 0.6 is 0 Å². The maximum absolute atomic E-state index is 11.5. The molecule has 1 heterocycles. The molecular formula is C12H14N2O3. The number of carbonyl (C=O) groups is 1. The summed E-state index contributed by atoms with van der Waals surface area (Å²) in [5.74, 6) is -0.342. The molecule has 5 heteroatoms. The quantitative estimate of drug-likeness (QED) is 0.701. The zero-order chi connectivity index (χ0) is 12.4. The van der Waals surface area contributed by atoms with Crippen molar-refractivity contribution in [2.24, 2.45) is 5.73 Å². The number of aromatic amines is 1. The molecule has 0 aliphatic carbocycles. The SMILES string of the molecule is CCOC(=O)C(N)c1c[nH]c2ccc(O)cc12. The second-order valence-electron chi connectivity index (χ2n) is 3.70. The van der Waals surface area contributed by atoms with E-state index in [0.717, 1.165) is 10.9 Å². The summed E-state index contributed by atoms with van der Waals surface area (Å²) in [5.41, 5.74) is 7.25. The number of ether oxygens (including phenoxy) is 1. The van der Waals surface area contributed by atoms with Crippen molar-refractivity contribution < 1.29 is 14.6 Å². The summed E-state index contributed by atoms with van der Waals surface area (Å²) in [6, 6.07) is 4.02.